The van der Waals surface area contributed by atoms with Gasteiger partial charge in [-0.1, -0.05) is 25.5 Å². The molecule has 2 aromatic carbocycles. The number of hydrogen-bond donors (Lipinski definition) is 0. The van der Waals surface area contributed by atoms with Gasteiger partial charge < -0.3 is 14.2 Å². The third-order valence-corrected chi connectivity index (χ3v) is 4.92. The second-order valence-electron chi connectivity index (χ2n) is 6.73. The van der Waals surface area contributed by atoms with Crippen LogP contribution in [-0.2, 0) is 6.42 Å². The molecule has 0 unspecified atom stereocenters. The number of rotatable bonds is 7. The van der Waals surface area contributed by atoms with Crippen molar-refractivity contribution in [3.8, 4) is 28.6 Å². The van der Waals surface area contributed by atoms with E-state index < -0.39 is 0 Å². The standard InChI is InChI=1S/C22H24N4O3/c1-5-6-11-19-23-16-10-8-7-9-15(16)22-24-21(25-26(19)22)14-12-17(27-2)20(29-4)18(13-14)28-3/h7-10,12-13H,5-6,11H2,1-4H3. The van der Waals surface area contributed by atoms with E-state index in [4.69, 9.17) is 29.3 Å². The van der Waals surface area contributed by atoms with Crippen LogP contribution in [-0.4, -0.2) is 40.9 Å². The molecule has 0 spiro atoms. The zero-order chi connectivity index (χ0) is 20.4. The Morgan fingerprint density at radius 2 is 1.66 bits per heavy atom. The van der Waals surface area contributed by atoms with Gasteiger partial charge in [-0.05, 0) is 30.7 Å². The minimum Gasteiger partial charge on any atom is -0.493 e. The lowest BCUT2D eigenvalue weighted by Gasteiger charge is -2.12. The molecule has 0 atom stereocenters. The van der Waals surface area contributed by atoms with Gasteiger partial charge in [0.25, 0.3) is 0 Å². The van der Waals surface area contributed by atoms with E-state index in [2.05, 4.69) is 6.92 Å². The first-order chi connectivity index (χ1) is 14.2. The van der Waals surface area contributed by atoms with Crippen LogP contribution in [0.15, 0.2) is 36.4 Å². The summed E-state index contributed by atoms with van der Waals surface area (Å²) in [6.07, 6.45) is 2.97. The molecule has 0 aliphatic carbocycles. The van der Waals surface area contributed by atoms with E-state index in [1.807, 2.05) is 40.9 Å². The third-order valence-electron chi connectivity index (χ3n) is 4.92. The molecule has 0 N–H and O–H groups in total. The molecule has 7 heteroatoms. The van der Waals surface area contributed by atoms with Crippen molar-refractivity contribution >= 4 is 16.6 Å². The van der Waals surface area contributed by atoms with E-state index >= 15 is 0 Å². The maximum Gasteiger partial charge on any atom is 0.203 e. The minimum absolute atomic E-state index is 0.540. The highest BCUT2D eigenvalue weighted by atomic mass is 16.5. The fourth-order valence-electron chi connectivity index (χ4n) is 3.44. The first kappa shape index (κ1) is 19.0. The molecule has 0 aliphatic heterocycles. The van der Waals surface area contributed by atoms with Gasteiger partial charge in [0, 0.05) is 17.4 Å². The van der Waals surface area contributed by atoms with Gasteiger partial charge in [0.2, 0.25) is 5.75 Å². The quantitative estimate of drug-likeness (QED) is 0.467. The van der Waals surface area contributed by atoms with Crippen LogP contribution < -0.4 is 14.2 Å². The van der Waals surface area contributed by atoms with Crippen molar-refractivity contribution < 1.29 is 14.2 Å². The second kappa shape index (κ2) is 7.95. The van der Waals surface area contributed by atoms with Crippen molar-refractivity contribution in [2.75, 3.05) is 21.3 Å². The number of fused-ring (bicyclic) bond motifs is 3. The molecular formula is C22H24N4O3. The molecule has 0 fully saturated rings. The SMILES string of the molecule is CCCCc1nc2ccccc2c2nc(-c3cc(OC)c(OC)c(OC)c3)nn12. The Morgan fingerprint density at radius 3 is 2.31 bits per heavy atom. The third kappa shape index (κ3) is 3.33. The van der Waals surface area contributed by atoms with Crippen LogP contribution in [0.4, 0.5) is 0 Å². The lowest BCUT2D eigenvalue weighted by Crippen LogP contribution is -2.03. The Kier molecular flexibility index (Phi) is 5.20. The lowest BCUT2D eigenvalue weighted by molar-refractivity contribution is 0.324. The van der Waals surface area contributed by atoms with Crippen LogP contribution in [0.25, 0.3) is 27.9 Å². The highest BCUT2D eigenvalue weighted by Gasteiger charge is 2.18. The van der Waals surface area contributed by atoms with Gasteiger partial charge in [-0.15, -0.1) is 5.10 Å². The molecule has 0 aliphatic rings. The van der Waals surface area contributed by atoms with Gasteiger partial charge in [-0.2, -0.15) is 4.52 Å². The number of aromatic nitrogens is 4. The van der Waals surface area contributed by atoms with Crippen LogP contribution in [0.1, 0.15) is 25.6 Å². The molecule has 29 heavy (non-hydrogen) atoms. The van der Waals surface area contributed by atoms with Gasteiger partial charge in [0.05, 0.1) is 26.8 Å². The van der Waals surface area contributed by atoms with Gasteiger partial charge in [-0.3, -0.25) is 0 Å². The zero-order valence-electron chi connectivity index (χ0n) is 17.1. The molecule has 0 radical (unpaired) electrons. The van der Waals surface area contributed by atoms with Crippen LogP contribution in [0, 0.1) is 0 Å². The van der Waals surface area contributed by atoms with E-state index in [1.54, 1.807) is 21.3 Å². The zero-order valence-corrected chi connectivity index (χ0v) is 17.1. The van der Waals surface area contributed by atoms with Gasteiger partial charge >= 0.3 is 0 Å². The van der Waals surface area contributed by atoms with Crippen LogP contribution >= 0.6 is 0 Å². The number of unbranched alkanes of at least 4 members (excludes halogenated alkanes) is 1. The summed E-state index contributed by atoms with van der Waals surface area (Å²) in [6, 6.07) is 11.7. The molecule has 2 heterocycles. The van der Waals surface area contributed by atoms with Crippen molar-refractivity contribution in [1.29, 1.82) is 0 Å². The summed E-state index contributed by atoms with van der Waals surface area (Å²) in [4.78, 5) is 9.68. The maximum absolute atomic E-state index is 5.48. The Balaban J connectivity index is 1.95. The molecule has 2 aromatic heterocycles. The topological polar surface area (TPSA) is 70.8 Å². The molecule has 7 nitrogen and oxygen atoms in total. The van der Waals surface area contributed by atoms with Crippen molar-refractivity contribution in [2.24, 2.45) is 0 Å². The van der Waals surface area contributed by atoms with Gasteiger partial charge in [0.1, 0.15) is 5.82 Å². The molecular weight excluding hydrogens is 368 g/mol. The summed E-state index contributed by atoms with van der Waals surface area (Å²) in [6.45, 7) is 2.17. The van der Waals surface area contributed by atoms with E-state index in [-0.39, 0.29) is 0 Å². The summed E-state index contributed by atoms with van der Waals surface area (Å²) in [5.74, 6) is 3.16. The minimum atomic E-state index is 0.540. The summed E-state index contributed by atoms with van der Waals surface area (Å²) >= 11 is 0. The number of nitrogens with zero attached hydrogens (tertiary/aromatic N) is 4. The van der Waals surface area contributed by atoms with Crippen LogP contribution in [0.2, 0.25) is 0 Å². The Hall–Kier alpha value is -3.35. The number of methoxy groups -OCH3 is 3. The molecule has 150 valence electrons. The smallest absolute Gasteiger partial charge is 0.203 e. The summed E-state index contributed by atoms with van der Waals surface area (Å²) < 4.78 is 18.2. The Bertz CT molecular complexity index is 1140. The first-order valence-electron chi connectivity index (χ1n) is 9.65. The molecule has 4 aromatic rings. The van der Waals surface area contributed by atoms with E-state index in [0.29, 0.717) is 23.1 Å². The number of ether oxygens (including phenoxy) is 3. The molecule has 0 saturated carbocycles. The monoisotopic (exact) mass is 392 g/mol. The number of hydrogen-bond acceptors (Lipinski definition) is 6. The number of benzene rings is 2. The fraction of sp³-hybridized carbons (Fsp3) is 0.318. The summed E-state index contributed by atoms with van der Waals surface area (Å²) in [5, 5.41) is 5.75. The predicted octanol–water partition coefficient (Wildman–Crippen LogP) is 4.31. The van der Waals surface area contributed by atoms with Crippen molar-refractivity contribution in [2.45, 2.75) is 26.2 Å². The van der Waals surface area contributed by atoms with E-state index in [0.717, 1.165) is 47.2 Å². The Morgan fingerprint density at radius 1 is 0.931 bits per heavy atom. The first-order valence-corrected chi connectivity index (χ1v) is 9.65. The van der Waals surface area contributed by atoms with Gasteiger partial charge in [-0.25, -0.2) is 9.97 Å². The summed E-state index contributed by atoms with van der Waals surface area (Å²) in [7, 11) is 4.78. The maximum atomic E-state index is 5.48. The van der Waals surface area contributed by atoms with E-state index in [9.17, 15) is 0 Å². The van der Waals surface area contributed by atoms with E-state index in [1.165, 1.54) is 0 Å². The summed E-state index contributed by atoms with van der Waals surface area (Å²) in [5.41, 5.74) is 2.51. The fourth-order valence-corrected chi connectivity index (χ4v) is 3.44. The van der Waals surface area contributed by atoms with Gasteiger partial charge in [0.15, 0.2) is 23.0 Å². The van der Waals surface area contributed by atoms with Crippen molar-refractivity contribution in [3.05, 3.63) is 42.2 Å². The van der Waals surface area contributed by atoms with Crippen LogP contribution in [0.5, 0.6) is 17.2 Å². The molecule has 4 rings (SSSR count). The molecule has 0 amide bonds. The normalized spacial score (nSPS) is 11.2. The average Bonchev–Trinajstić information content (AvgIpc) is 3.22. The number of aryl methyl sites for hydroxylation is 1. The largest absolute Gasteiger partial charge is 0.493 e. The average molecular weight is 392 g/mol. The highest BCUT2D eigenvalue weighted by Crippen LogP contribution is 2.40. The lowest BCUT2D eigenvalue weighted by atomic mass is 10.1. The Labute approximate surface area is 169 Å². The predicted molar refractivity (Wildman–Crippen MR) is 112 cm³/mol. The molecule has 0 bridgehead atoms. The highest BCUT2D eigenvalue weighted by molar-refractivity contribution is 5.91. The van der Waals surface area contributed by atoms with Crippen molar-refractivity contribution in [3.63, 3.8) is 0 Å². The van der Waals surface area contributed by atoms with Crippen LogP contribution in [0.3, 0.4) is 0 Å². The van der Waals surface area contributed by atoms with Crippen molar-refractivity contribution in [1.82, 2.24) is 19.6 Å². The number of para-hydroxylation sites is 1. The second-order valence-corrected chi connectivity index (χ2v) is 6.73. The molecule has 0 saturated heterocycles.